The van der Waals surface area contributed by atoms with Crippen molar-refractivity contribution in [3.63, 3.8) is 0 Å². The fourth-order valence-electron chi connectivity index (χ4n) is 4.24. The molecule has 2 aliphatic heterocycles. The molecule has 0 aliphatic carbocycles. The molecule has 2 aliphatic rings. The first kappa shape index (κ1) is 20.7. The summed E-state index contributed by atoms with van der Waals surface area (Å²) in [5.74, 6) is -0.575. The van der Waals surface area contributed by atoms with Crippen molar-refractivity contribution in [2.75, 3.05) is 20.3 Å². The molecule has 2 saturated heterocycles. The smallest absolute Gasteiger partial charge is 0.164 e. The lowest BCUT2D eigenvalue weighted by molar-refractivity contribution is -0.280. The highest BCUT2D eigenvalue weighted by atomic mass is 16.7. The Morgan fingerprint density at radius 2 is 2.00 bits per heavy atom. The van der Waals surface area contributed by atoms with Crippen molar-refractivity contribution in [2.24, 2.45) is 5.10 Å². The minimum Gasteiger partial charge on any atom is -0.382 e. The molecule has 0 spiro atoms. The van der Waals surface area contributed by atoms with E-state index in [1.54, 1.807) is 7.11 Å². The topological polar surface area (TPSA) is 43.3 Å². The average molecular weight is 355 g/mol. The third kappa shape index (κ3) is 5.41. The fourth-order valence-corrected chi connectivity index (χ4v) is 4.24. The molecule has 0 radical (unpaired) electrons. The van der Waals surface area contributed by atoms with E-state index in [2.05, 4.69) is 25.8 Å². The molecular formula is C20H38N2O3. The third-order valence-electron chi connectivity index (χ3n) is 5.31. The zero-order chi connectivity index (χ0) is 18.5. The molecule has 2 rings (SSSR count). The summed E-state index contributed by atoms with van der Waals surface area (Å²) in [6, 6.07) is 0.365. The van der Waals surface area contributed by atoms with E-state index in [0.717, 1.165) is 38.1 Å². The molecule has 5 heteroatoms. The number of methoxy groups -OCH3 is 1. The summed E-state index contributed by atoms with van der Waals surface area (Å²) in [6.45, 7) is 12.3. The quantitative estimate of drug-likeness (QED) is 0.608. The van der Waals surface area contributed by atoms with Crippen molar-refractivity contribution in [1.29, 1.82) is 0 Å². The van der Waals surface area contributed by atoms with Crippen LogP contribution in [0.25, 0.3) is 0 Å². The van der Waals surface area contributed by atoms with Gasteiger partial charge in [-0.15, -0.1) is 0 Å². The first-order chi connectivity index (χ1) is 11.8. The Kier molecular flexibility index (Phi) is 7.29. The van der Waals surface area contributed by atoms with Crippen molar-refractivity contribution in [1.82, 2.24) is 5.01 Å². The predicted molar refractivity (Wildman–Crippen MR) is 102 cm³/mol. The van der Waals surface area contributed by atoms with Gasteiger partial charge in [0.05, 0.1) is 18.4 Å². The molecule has 5 nitrogen and oxygen atoms in total. The van der Waals surface area contributed by atoms with Crippen LogP contribution in [0.1, 0.15) is 79.6 Å². The van der Waals surface area contributed by atoms with E-state index >= 15 is 0 Å². The molecule has 2 fully saturated rings. The van der Waals surface area contributed by atoms with Crippen LogP contribution < -0.4 is 0 Å². The molecule has 0 aromatic heterocycles. The van der Waals surface area contributed by atoms with Crippen LogP contribution in [0.4, 0.5) is 0 Å². The zero-order valence-electron chi connectivity index (χ0n) is 17.1. The molecule has 0 unspecified atom stereocenters. The van der Waals surface area contributed by atoms with E-state index in [0.29, 0.717) is 6.04 Å². The Labute approximate surface area is 154 Å². The van der Waals surface area contributed by atoms with Gasteiger partial charge >= 0.3 is 0 Å². The number of hydrogen-bond donors (Lipinski definition) is 0. The second-order valence-corrected chi connectivity index (χ2v) is 8.20. The van der Waals surface area contributed by atoms with E-state index in [1.807, 2.05) is 13.8 Å². The molecule has 0 aromatic carbocycles. The van der Waals surface area contributed by atoms with Crippen molar-refractivity contribution in [3.05, 3.63) is 0 Å². The number of hydrazone groups is 1. The van der Waals surface area contributed by atoms with Crippen LogP contribution in [0.5, 0.6) is 0 Å². The highest BCUT2D eigenvalue weighted by Crippen LogP contribution is 2.36. The summed E-state index contributed by atoms with van der Waals surface area (Å²) in [4.78, 5) is 0. The number of ether oxygens (including phenoxy) is 3. The Hall–Kier alpha value is -0.650. The molecule has 25 heavy (non-hydrogen) atoms. The van der Waals surface area contributed by atoms with E-state index in [-0.39, 0.29) is 11.7 Å². The van der Waals surface area contributed by atoms with Gasteiger partial charge in [0.2, 0.25) is 0 Å². The van der Waals surface area contributed by atoms with Gasteiger partial charge in [-0.25, -0.2) is 0 Å². The second kappa shape index (κ2) is 8.83. The Bertz CT molecular complexity index is 452. The van der Waals surface area contributed by atoms with Gasteiger partial charge in [-0.1, -0.05) is 32.6 Å². The van der Waals surface area contributed by atoms with Gasteiger partial charge in [0.15, 0.2) is 5.79 Å². The second-order valence-electron chi connectivity index (χ2n) is 8.20. The lowest BCUT2D eigenvalue weighted by Gasteiger charge is -2.47. The molecular weight excluding hydrogens is 316 g/mol. The highest BCUT2D eigenvalue weighted by molar-refractivity contribution is 5.96. The lowest BCUT2D eigenvalue weighted by Crippen LogP contribution is -2.58. The minimum atomic E-state index is -0.575. The van der Waals surface area contributed by atoms with E-state index in [9.17, 15) is 0 Å². The molecule has 146 valence electrons. The van der Waals surface area contributed by atoms with Crippen LogP contribution >= 0.6 is 0 Å². The number of unbranched alkanes of at least 4 members (excludes halogenated alkanes) is 3. The van der Waals surface area contributed by atoms with Crippen LogP contribution in [-0.4, -0.2) is 54.5 Å². The molecule has 0 N–H and O–H groups in total. The summed E-state index contributed by atoms with van der Waals surface area (Å²) in [5.41, 5.74) is 0.668. The van der Waals surface area contributed by atoms with Crippen molar-refractivity contribution < 1.29 is 14.2 Å². The van der Waals surface area contributed by atoms with Crippen molar-refractivity contribution >= 4 is 5.71 Å². The number of rotatable bonds is 8. The van der Waals surface area contributed by atoms with Crippen molar-refractivity contribution in [2.45, 2.75) is 103 Å². The highest BCUT2D eigenvalue weighted by Gasteiger charge is 2.47. The average Bonchev–Trinajstić information content (AvgIpc) is 2.94. The largest absolute Gasteiger partial charge is 0.382 e. The summed E-state index contributed by atoms with van der Waals surface area (Å²) in [7, 11) is 1.76. The van der Waals surface area contributed by atoms with Gasteiger partial charge in [0.1, 0.15) is 11.7 Å². The lowest BCUT2D eigenvalue weighted by atomic mass is 9.88. The molecule has 0 saturated carbocycles. The van der Waals surface area contributed by atoms with Gasteiger partial charge in [0, 0.05) is 13.7 Å². The Morgan fingerprint density at radius 3 is 2.68 bits per heavy atom. The molecule has 0 amide bonds. The number of hydrogen-bond acceptors (Lipinski definition) is 5. The standard InChI is InChI=1S/C20H38N2O3/c1-7-8-9-10-13-20(5)18(16(2)24-19(3,4)25-20)21-22-14-11-12-17(22)15-23-6/h16-17H,7-15H2,1-6H3/b21-18+/t16-,17-,20-/m0/s1. The van der Waals surface area contributed by atoms with Crippen molar-refractivity contribution in [3.8, 4) is 0 Å². The maximum absolute atomic E-state index is 6.42. The van der Waals surface area contributed by atoms with E-state index in [4.69, 9.17) is 19.3 Å². The predicted octanol–water partition coefficient (Wildman–Crippen LogP) is 4.35. The zero-order valence-corrected chi connectivity index (χ0v) is 17.1. The molecule has 0 aromatic rings. The van der Waals surface area contributed by atoms with Gasteiger partial charge in [-0.3, -0.25) is 5.01 Å². The Morgan fingerprint density at radius 1 is 1.24 bits per heavy atom. The van der Waals surface area contributed by atoms with E-state index < -0.39 is 5.79 Å². The minimum absolute atomic E-state index is 0.0382. The summed E-state index contributed by atoms with van der Waals surface area (Å²) >= 11 is 0. The van der Waals surface area contributed by atoms with Gasteiger partial charge in [-0.05, 0) is 47.0 Å². The first-order valence-electron chi connectivity index (χ1n) is 10.0. The Balaban J connectivity index is 2.19. The fraction of sp³-hybridized carbons (Fsp3) is 0.950. The molecule has 0 bridgehead atoms. The van der Waals surface area contributed by atoms with Gasteiger partial charge in [-0.2, -0.15) is 5.10 Å². The maximum Gasteiger partial charge on any atom is 0.164 e. The third-order valence-corrected chi connectivity index (χ3v) is 5.31. The molecule has 3 atom stereocenters. The van der Waals surface area contributed by atoms with Crippen LogP contribution in [-0.2, 0) is 14.2 Å². The van der Waals surface area contributed by atoms with Crippen LogP contribution in [0.15, 0.2) is 5.10 Å². The summed E-state index contributed by atoms with van der Waals surface area (Å²) in [5, 5.41) is 7.25. The first-order valence-corrected chi connectivity index (χ1v) is 10.0. The maximum atomic E-state index is 6.42. The monoisotopic (exact) mass is 354 g/mol. The van der Waals surface area contributed by atoms with Crippen LogP contribution in [0, 0.1) is 0 Å². The molecule has 2 heterocycles. The summed E-state index contributed by atoms with van der Waals surface area (Å²) < 4.78 is 17.9. The van der Waals surface area contributed by atoms with Gasteiger partial charge in [0.25, 0.3) is 0 Å². The van der Waals surface area contributed by atoms with Gasteiger partial charge < -0.3 is 14.2 Å². The summed E-state index contributed by atoms with van der Waals surface area (Å²) in [6.07, 6.45) is 8.19. The SMILES string of the molecule is CCCCCC[C@]1(C)OC(C)(C)O[C@@H](C)/C1=N\N1CCC[C@H]1COC. The number of nitrogens with zero attached hydrogens (tertiary/aromatic N) is 2. The van der Waals surface area contributed by atoms with Crippen LogP contribution in [0.3, 0.4) is 0 Å². The van der Waals surface area contributed by atoms with E-state index in [1.165, 1.54) is 25.7 Å². The van der Waals surface area contributed by atoms with Crippen LogP contribution in [0.2, 0.25) is 0 Å². The normalized spacial score (nSPS) is 34.0.